The first-order chi connectivity index (χ1) is 7.89. The molecule has 1 saturated carbocycles. The predicted octanol–water partition coefficient (Wildman–Crippen LogP) is 2.59. The van der Waals surface area contributed by atoms with E-state index in [1.165, 1.54) is 6.42 Å². The summed E-state index contributed by atoms with van der Waals surface area (Å²) in [4.78, 5) is 13.9. The zero-order valence-corrected chi connectivity index (χ0v) is 11.2. The van der Waals surface area contributed by atoms with Gasteiger partial charge in [0, 0.05) is 6.04 Å². The molecule has 1 saturated heterocycles. The molecule has 0 aromatic carbocycles. The molecule has 3 atom stereocenters. The van der Waals surface area contributed by atoms with Crippen LogP contribution in [0.1, 0.15) is 47.0 Å². The van der Waals surface area contributed by atoms with Crippen LogP contribution in [-0.4, -0.2) is 28.3 Å². The van der Waals surface area contributed by atoms with Gasteiger partial charge in [-0.2, -0.15) is 0 Å². The van der Waals surface area contributed by atoms with Crippen LogP contribution in [0.5, 0.6) is 0 Å². The van der Waals surface area contributed by atoms with Crippen LogP contribution >= 0.6 is 0 Å². The van der Waals surface area contributed by atoms with Gasteiger partial charge >= 0.3 is 6.03 Å². The molecule has 1 heterocycles. The third kappa shape index (κ3) is 1.65. The number of urea groups is 1. The van der Waals surface area contributed by atoms with Gasteiger partial charge in [0.2, 0.25) is 0 Å². The van der Waals surface area contributed by atoms with Crippen LogP contribution in [0.3, 0.4) is 0 Å². The Morgan fingerprint density at radius 3 is 2.65 bits per heavy atom. The SMILES string of the molecule is CC1CCC(C)C2(C1)C(=N)NC(=O)N2C(C)C. The standard InChI is InChI=1S/C13H23N3O/c1-8(2)16-12(17)15-11(14)13(16)7-9(3)5-6-10(13)4/h8-10H,5-7H2,1-4H3,(H2,14,15,17). The highest BCUT2D eigenvalue weighted by Gasteiger charge is 2.56. The number of carbonyl (C=O) groups is 1. The molecule has 3 unspecified atom stereocenters. The van der Waals surface area contributed by atoms with Crippen molar-refractivity contribution in [3.63, 3.8) is 0 Å². The topological polar surface area (TPSA) is 56.2 Å². The van der Waals surface area contributed by atoms with Crippen LogP contribution in [0, 0.1) is 17.2 Å². The Balaban J connectivity index is 2.43. The zero-order chi connectivity index (χ0) is 12.8. The Kier molecular flexibility index (Phi) is 2.92. The Bertz CT molecular complexity index is 353. The average Bonchev–Trinajstić information content (AvgIpc) is 2.45. The van der Waals surface area contributed by atoms with E-state index in [0.717, 1.165) is 12.8 Å². The van der Waals surface area contributed by atoms with Crippen molar-refractivity contribution >= 4 is 11.9 Å². The van der Waals surface area contributed by atoms with Gasteiger partial charge < -0.3 is 4.90 Å². The lowest BCUT2D eigenvalue weighted by Crippen LogP contribution is -2.59. The first-order valence-corrected chi connectivity index (χ1v) is 6.59. The molecule has 0 aromatic heterocycles. The van der Waals surface area contributed by atoms with E-state index in [1.54, 1.807) is 0 Å². The summed E-state index contributed by atoms with van der Waals surface area (Å²) in [6, 6.07) is 0.0524. The van der Waals surface area contributed by atoms with E-state index in [2.05, 4.69) is 19.2 Å². The number of rotatable bonds is 1. The minimum atomic E-state index is -0.372. The monoisotopic (exact) mass is 237 g/mol. The molecule has 1 aliphatic heterocycles. The lowest BCUT2D eigenvalue weighted by atomic mass is 9.68. The molecular formula is C13H23N3O. The lowest BCUT2D eigenvalue weighted by Gasteiger charge is -2.48. The third-order valence-corrected chi connectivity index (χ3v) is 4.40. The quantitative estimate of drug-likeness (QED) is 0.723. The van der Waals surface area contributed by atoms with Crippen molar-refractivity contribution in [2.75, 3.05) is 0 Å². The van der Waals surface area contributed by atoms with Crippen LogP contribution in [0.25, 0.3) is 0 Å². The molecule has 96 valence electrons. The molecule has 2 fully saturated rings. The number of hydrogen-bond donors (Lipinski definition) is 2. The highest BCUT2D eigenvalue weighted by Crippen LogP contribution is 2.44. The molecule has 0 aromatic rings. The second kappa shape index (κ2) is 4.00. The highest BCUT2D eigenvalue weighted by molar-refractivity contribution is 6.08. The molecule has 2 aliphatic rings. The Labute approximate surface area is 103 Å². The Morgan fingerprint density at radius 1 is 1.41 bits per heavy atom. The van der Waals surface area contributed by atoms with Crippen molar-refractivity contribution in [1.82, 2.24) is 10.2 Å². The van der Waals surface area contributed by atoms with Crippen molar-refractivity contribution < 1.29 is 4.79 Å². The molecule has 2 rings (SSSR count). The molecule has 17 heavy (non-hydrogen) atoms. The first-order valence-electron chi connectivity index (χ1n) is 6.59. The molecular weight excluding hydrogens is 214 g/mol. The molecule has 0 radical (unpaired) electrons. The normalized spacial score (nSPS) is 38.1. The van der Waals surface area contributed by atoms with E-state index >= 15 is 0 Å². The van der Waals surface area contributed by atoms with E-state index in [-0.39, 0.29) is 17.6 Å². The number of hydrogen-bond acceptors (Lipinski definition) is 2. The first kappa shape index (κ1) is 12.4. The fraction of sp³-hybridized carbons (Fsp3) is 0.846. The van der Waals surface area contributed by atoms with Gasteiger partial charge in [0.15, 0.2) is 0 Å². The summed E-state index contributed by atoms with van der Waals surface area (Å²) >= 11 is 0. The van der Waals surface area contributed by atoms with Crippen molar-refractivity contribution in [3.8, 4) is 0 Å². The molecule has 4 heteroatoms. The maximum Gasteiger partial charge on any atom is 0.323 e. The van der Waals surface area contributed by atoms with Crippen molar-refractivity contribution in [1.29, 1.82) is 5.41 Å². The summed E-state index contributed by atoms with van der Waals surface area (Å²) < 4.78 is 0. The van der Waals surface area contributed by atoms with Crippen LogP contribution < -0.4 is 5.32 Å². The lowest BCUT2D eigenvalue weighted by molar-refractivity contribution is 0.0651. The van der Waals surface area contributed by atoms with Crippen LogP contribution in [0.15, 0.2) is 0 Å². The molecule has 4 nitrogen and oxygen atoms in total. The van der Waals surface area contributed by atoms with Crippen molar-refractivity contribution in [3.05, 3.63) is 0 Å². The van der Waals surface area contributed by atoms with Gasteiger partial charge in [0.25, 0.3) is 0 Å². The summed E-state index contributed by atoms with van der Waals surface area (Å²) in [5, 5.41) is 10.9. The number of carbonyl (C=O) groups excluding carboxylic acids is 1. The predicted molar refractivity (Wildman–Crippen MR) is 68.1 cm³/mol. The Morgan fingerprint density at radius 2 is 2.06 bits per heavy atom. The third-order valence-electron chi connectivity index (χ3n) is 4.40. The Hall–Kier alpha value is -1.06. The maximum atomic E-state index is 12.0. The second-order valence-corrected chi connectivity index (χ2v) is 5.98. The number of nitrogens with zero attached hydrogens (tertiary/aromatic N) is 1. The van der Waals surface area contributed by atoms with E-state index in [4.69, 9.17) is 5.41 Å². The minimum absolute atomic E-state index is 0.0917. The van der Waals surface area contributed by atoms with Gasteiger partial charge in [-0.15, -0.1) is 0 Å². The van der Waals surface area contributed by atoms with Gasteiger partial charge in [0.1, 0.15) is 11.4 Å². The zero-order valence-electron chi connectivity index (χ0n) is 11.2. The minimum Gasteiger partial charge on any atom is -0.309 e. The van der Waals surface area contributed by atoms with Gasteiger partial charge in [-0.05, 0) is 38.5 Å². The average molecular weight is 237 g/mol. The summed E-state index contributed by atoms with van der Waals surface area (Å²) in [5.41, 5.74) is -0.372. The molecule has 1 spiro atoms. The molecule has 1 aliphatic carbocycles. The summed E-state index contributed by atoms with van der Waals surface area (Å²) in [6.45, 7) is 8.47. The molecule has 0 bridgehead atoms. The van der Waals surface area contributed by atoms with Crippen LogP contribution in [-0.2, 0) is 0 Å². The largest absolute Gasteiger partial charge is 0.323 e. The number of nitrogens with one attached hydrogen (secondary N) is 2. The van der Waals surface area contributed by atoms with Crippen LogP contribution in [0.4, 0.5) is 4.79 Å². The number of amidine groups is 1. The highest BCUT2D eigenvalue weighted by atomic mass is 16.2. The van der Waals surface area contributed by atoms with Crippen molar-refractivity contribution in [2.45, 2.75) is 58.5 Å². The van der Waals surface area contributed by atoms with Gasteiger partial charge in [-0.3, -0.25) is 10.7 Å². The van der Waals surface area contributed by atoms with Gasteiger partial charge in [-0.1, -0.05) is 20.3 Å². The maximum absolute atomic E-state index is 12.0. The summed E-state index contributed by atoms with van der Waals surface area (Å²) in [6.07, 6.45) is 3.22. The van der Waals surface area contributed by atoms with Gasteiger partial charge in [-0.25, -0.2) is 4.79 Å². The fourth-order valence-corrected chi connectivity index (χ4v) is 3.56. The molecule has 2 amide bonds. The number of amides is 2. The van der Waals surface area contributed by atoms with E-state index in [1.807, 2.05) is 18.7 Å². The summed E-state index contributed by atoms with van der Waals surface area (Å²) in [5.74, 6) is 1.36. The fourth-order valence-electron chi connectivity index (χ4n) is 3.56. The molecule has 2 N–H and O–H groups in total. The van der Waals surface area contributed by atoms with E-state index < -0.39 is 0 Å². The van der Waals surface area contributed by atoms with E-state index in [0.29, 0.717) is 17.7 Å². The van der Waals surface area contributed by atoms with Crippen molar-refractivity contribution in [2.24, 2.45) is 11.8 Å². The van der Waals surface area contributed by atoms with Crippen LogP contribution in [0.2, 0.25) is 0 Å². The van der Waals surface area contributed by atoms with E-state index in [9.17, 15) is 4.79 Å². The summed E-state index contributed by atoms with van der Waals surface area (Å²) in [7, 11) is 0. The van der Waals surface area contributed by atoms with Gasteiger partial charge in [0.05, 0.1) is 0 Å². The second-order valence-electron chi connectivity index (χ2n) is 5.98. The smallest absolute Gasteiger partial charge is 0.309 e.